The Balaban J connectivity index is 1.27. The topological polar surface area (TPSA) is 36.1 Å². The highest BCUT2D eigenvalue weighted by Crippen LogP contribution is 2.38. The first kappa shape index (κ1) is 23.0. The maximum atomic E-state index is 5.71. The number of nitrogens with zero attached hydrogens (tertiary/aromatic N) is 2. The van der Waals surface area contributed by atoms with Gasteiger partial charge in [-0.25, -0.2) is 0 Å². The van der Waals surface area contributed by atoms with E-state index in [2.05, 4.69) is 118 Å². The fourth-order valence-electron chi connectivity index (χ4n) is 6.47. The lowest BCUT2D eigenvalue weighted by molar-refractivity contribution is 0.582. The summed E-state index contributed by atoms with van der Waals surface area (Å²) in [5.74, 6) is 1.74. The molecule has 4 nitrogen and oxygen atoms in total. The first-order chi connectivity index (χ1) is 20.8. The van der Waals surface area contributed by atoms with Crippen LogP contribution in [0, 0.1) is 0 Å². The molecule has 0 bridgehead atoms. The summed E-state index contributed by atoms with van der Waals surface area (Å²) >= 11 is 0. The Morgan fingerprint density at radius 2 is 0.833 bits per heavy atom. The number of fused-ring (bicyclic) bond motifs is 6. The molecule has 4 heteroatoms. The van der Waals surface area contributed by atoms with Gasteiger partial charge in [0, 0.05) is 44.0 Å². The van der Waals surface area contributed by atoms with E-state index in [4.69, 9.17) is 8.83 Å². The third-order valence-corrected chi connectivity index (χ3v) is 8.30. The molecule has 4 aromatic heterocycles. The number of aromatic nitrogens is 2. The lowest BCUT2D eigenvalue weighted by atomic mass is 10.1. The molecule has 0 saturated carbocycles. The Morgan fingerprint density at radius 1 is 0.357 bits per heavy atom. The fraction of sp³-hybridized carbons (Fsp3) is 0. The maximum Gasteiger partial charge on any atom is 0.133 e. The van der Waals surface area contributed by atoms with Gasteiger partial charge in [-0.05, 0) is 91.0 Å². The number of hydrogen-bond donors (Lipinski definition) is 0. The van der Waals surface area contributed by atoms with Crippen molar-refractivity contribution in [2.45, 2.75) is 0 Å². The summed E-state index contributed by atoms with van der Waals surface area (Å²) in [7, 11) is 0. The second kappa shape index (κ2) is 8.88. The van der Waals surface area contributed by atoms with Crippen molar-refractivity contribution in [3.8, 4) is 34.0 Å². The Bertz CT molecular complexity index is 2240. The second-order valence-corrected chi connectivity index (χ2v) is 10.6. The Morgan fingerprint density at radius 3 is 1.31 bits per heavy atom. The summed E-state index contributed by atoms with van der Waals surface area (Å²) in [6.45, 7) is 0. The predicted molar refractivity (Wildman–Crippen MR) is 171 cm³/mol. The quantitative estimate of drug-likeness (QED) is 0.223. The Kier molecular flexibility index (Phi) is 4.87. The lowest BCUT2D eigenvalue weighted by Gasteiger charge is -2.13. The number of hydrogen-bond acceptors (Lipinski definition) is 2. The third-order valence-electron chi connectivity index (χ3n) is 8.30. The van der Waals surface area contributed by atoms with Crippen molar-refractivity contribution < 1.29 is 8.83 Å². The highest BCUT2D eigenvalue weighted by molar-refractivity contribution is 6.11. The van der Waals surface area contributed by atoms with Crippen LogP contribution in [-0.2, 0) is 0 Å². The molecule has 0 spiro atoms. The summed E-state index contributed by atoms with van der Waals surface area (Å²) in [5.41, 5.74) is 9.04. The Hall–Kier alpha value is -5.74. The zero-order valence-electron chi connectivity index (χ0n) is 22.6. The van der Waals surface area contributed by atoms with E-state index in [9.17, 15) is 0 Å². The molecular weight excluding hydrogens is 516 g/mol. The Labute approximate surface area is 241 Å². The van der Waals surface area contributed by atoms with Gasteiger partial charge in [0.05, 0.1) is 34.6 Å². The van der Waals surface area contributed by atoms with Gasteiger partial charge in [-0.2, -0.15) is 0 Å². The van der Waals surface area contributed by atoms with Gasteiger partial charge in [0.2, 0.25) is 0 Å². The number of furan rings is 2. The maximum absolute atomic E-state index is 5.71. The van der Waals surface area contributed by atoms with Crippen LogP contribution < -0.4 is 0 Å². The molecule has 0 saturated heterocycles. The molecule has 0 unspecified atom stereocenters. The summed E-state index contributed by atoms with van der Waals surface area (Å²) in [5, 5.41) is 4.83. The molecule has 0 N–H and O–H groups in total. The minimum Gasteiger partial charge on any atom is -0.464 e. The number of benzene rings is 5. The van der Waals surface area contributed by atoms with Crippen molar-refractivity contribution >= 4 is 43.6 Å². The van der Waals surface area contributed by atoms with E-state index in [0.717, 1.165) is 45.1 Å². The molecule has 0 amide bonds. The summed E-state index contributed by atoms with van der Waals surface area (Å²) in [6.07, 6.45) is 3.45. The lowest BCUT2D eigenvalue weighted by Crippen LogP contribution is -1.98. The normalized spacial score (nSPS) is 11.8. The van der Waals surface area contributed by atoms with E-state index in [1.54, 1.807) is 12.5 Å². The zero-order chi connectivity index (χ0) is 27.6. The molecule has 9 rings (SSSR count). The molecular formula is C38H24N2O2. The van der Waals surface area contributed by atoms with Crippen molar-refractivity contribution in [3.63, 3.8) is 0 Å². The summed E-state index contributed by atoms with van der Waals surface area (Å²) in [4.78, 5) is 0. The van der Waals surface area contributed by atoms with Crippen molar-refractivity contribution in [1.82, 2.24) is 9.13 Å². The van der Waals surface area contributed by atoms with Crippen LogP contribution in [0.3, 0.4) is 0 Å². The SMILES string of the molecule is c1cc(-n2c3ccccc3c3cc(-c4ccco4)ccc32)cc(-n2c3ccccc3c3cc(-c4ccco4)ccc32)c1. The highest BCUT2D eigenvalue weighted by atomic mass is 16.3. The molecule has 0 aliphatic rings. The van der Waals surface area contributed by atoms with Crippen molar-refractivity contribution in [3.05, 3.63) is 146 Å². The first-order valence-corrected chi connectivity index (χ1v) is 14.1. The highest BCUT2D eigenvalue weighted by Gasteiger charge is 2.17. The van der Waals surface area contributed by atoms with E-state index in [1.165, 1.54) is 32.6 Å². The average molecular weight is 541 g/mol. The minimum absolute atomic E-state index is 0.872. The van der Waals surface area contributed by atoms with Gasteiger partial charge < -0.3 is 18.0 Å². The smallest absolute Gasteiger partial charge is 0.133 e. The van der Waals surface area contributed by atoms with Crippen LogP contribution in [0.25, 0.3) is 77.6 Å². The molecule has 0 radical (unpaired) electrons. The van der Waals surface area contributed by atoms with Crippen LogP contribution in [0.2, 0.25) is 0 Å². The van der Waals surface area contributed by atoms with Crippen molar-refractivity contribution in [2.24, 2.45) is 0 Å². The van der Waals surface area contributed by atoms with Gasteiger partial charge in [0.1, 0.15) is 11.5 Å². The minimum atomic E-state index is 0.872. The van der Waals surface area contributed by atoms with E-state index < -0.39 is 0 Å². The van der Waals surface area contributed by atoms with Crippen LogP contribution in [0.4, 0.5) is 0 Å². The van der Waals surface area contributed by atoms with E-state index in [1.807, 2.05) is 24.3 Å². The van der Waals surface area contributed by atoms with Gasteiger partial charge in [-0.1, -0.05) is 42.5 Å². The summed E-state index contributed by atoms with van der Waals surface area (Å²) < 4.78 is 16.2. The van der Waals surface area contributed by atoms with Gasteiger partial charge in [-0.15, -0.1) is 0 Å². The average Bonchev–Trinajstić information content (AvgIpc) is 3.86. The molecule has 0 atom stereocenters. The first-order valence-electron chi connectivity index (χ1n) is 14.1. The molecule has 0 aliphatic heterocycles. The summed E-state index contributed by atoms with van der Waals surface area (Å²) in [6, 6.07) is 47.1. The van der Waals surface area contributed by atoms with Crippen LogP contribution in [0.15, 0.2) is 155 Å². The van der Waals surface area contributed by atoms with Crippen LogP contribution in [0.1, 0.15) is 0 Å². The van der Waals surface area contributed by atoms with E-state index in [-0.39, 0.29) is 0 Å². The third kappa shape index (κ3) is 3.36. The van der Waals surface area contributed by atoms with Crippen LogP contribution in [-0.4, -0.2) is 9.13 Å². The fourth-order valence-corrected chi connectivity index (χ4v) is 6.47. The van der Waals surface area contributed by atoms with Crippen LogP contribution in [0.5, 0.6) is 0 Å². The molecule has 9 aromatic rings. The molecule has 5 aromatic carbocycles. The molecule has 42 heavy (non-hydrogen) atoms. The molecule has 4 heterocycles. The second-order valence-electron chi connectivity index (χ2n) is 10.6. The zero-order valence-corrected chi connectivity index (χ0v) is 22.6. The number of para-hydroxylation sites is 2. The van der Waals surface area contributed by atoms with Gasteiger partial charge in [0.25, 0.3) is 0 Å². The van der Waals surface area contributed by atoms with Crippen LogP contribution >= 0.6 is 0 Å². The largest absolute Gasteiger partial charge is 0.464 e. The molecule has 0 aliphatic carbocycles. The van der Waals surface area contributed by atoms with Crippen molar-refractivity contribution in [2.75, 3.05) is 0 Å². The van der Waals surface area contributed by atoms with E-state index >= 15 is 0 Å². The number of rotatable bonds is 4. The molecule has 198 valence electrons. The van der Waals surface area contributed by atoms with Gasteiger partial charge >= 0.3 is 0 Å². The van der Waals surface area contributed by atoms with E-state index in [0.29, 0.717) is 0 Å². The van der Waals surface area contributed by atoms with Gasteiger partial charge in [-0.3, -0.25) is 0 Å². The molecule has 0 fully saturated rings. The van der Waals surface area contributed by atoms with Gasteiger partial charge in [0.15, 0.2) is 0 Å². The standard InChI is InChI=1S/C38H24N2O2/c1-3-12-33-29(10-1)31-22-25(37-14-6-20-41-37)16-18-35(31)39(33)27-8-5-9-28(24-27)40-34-13-4-2-11-30(34)32-23-26(17-19-36(32)40)38-15-7-21-42-38/h1-24H. The van der Waals surface area contributed by atoms with Crippen molar-refractivity contribution in [1.29, 1.82) is 0 Å². The predicted octanol–water partition coefficient (Wildman–Crippen LogP) is 10.4. The monoisotopic (exact) mass is 540 g/mol.